The van der Waals surface area contributed by atoms with Crippen molar-refractivity contribution in [3.8, 4) is 17.3 Å². The highest BCUT2D eigenvalue weighted by Crippen LogP contribution is 2.29. The van der Waals surface area contributed by atoms with E-state index in [4.69, 9.17) is 20.0 Å². The van der Waals surface area contributed by atoms with Crippen molar-refractivity contribution in [1.29, 1.82) is 0 Å². The zero-order chi connectivity index (χ0) is 27.1. The predicted octanol–water partition coefficient (Wildman–Crippen LogP) is 1.88. The van der Waals surface area contributed by atoms with Crippen molar-refractivity contribution < 1.29 is 27.8 Å². The number of aromatic nitrogens is 6. The van der Waals surface area contributed by atoms with Crippen LogP contribution in [0.4, 0.5) is 20.4 Å². The summed E-state index contributed by atoms with van der Waals surface area (Å²) in [6.07, 6.45) is 3.22. The van der Waals surface area contributed by atoms with Crippen LogP contribution in [-0.4, -0.2) is 84.4 Å². The van der Waals surface area contributed by atoms with E-state index in [1.807, 2.05) is 4.57 Å². The Morgan fingerprint density at radius 3 is 2.67 bits per heavy atom. The van der Waals surface area contributed by atoms with Crippen molar-refractivity contribution in [1.82, 2.24) is 34.0 Å². The molecule has 0 bridgehead atoms. The van der Waals surface area contributed by atoms with Crippen molar-refractivity contribution in [2.75, 3.05) is 50.0 Å². The lowest BCUT2D eigenvalue weighted by molar-refractivity contribution is -0.139. The average Bonchev–Trinajstić information content (AvgIpc) is 3.67. The second-order valence-corrected chi connectivity index (χ2v) is 8.97. The lowest BCUT2D eigenvalue weighted by atomic mass is 10.2. The molecular weight excluding hydrogens is 516 g/mol. The number of furan rings is 1. The molecular formula is C24H23F2N9O4. The third kappa shape index (κ3) is 4.67. The van der Waals surface area contributed by atoms with E-state index in [0.717, 1.165) is 0 Å². The number of nitrogens with two attached hydrogens (primary N) is 1. The Hall–Kier alpha value is -4.79. The van der Waals surface area contributed by atoms with Gasteiger partial charge in [0.05, 0.1) is 18.3 Å². The SMILES string of the molecule is Nc1nc2c(ncn2CCN2CCN(c3cc(OCC(=O)O)c(F)cc3F)CC2)c2nc(-c3ccco3)nn12. The summed E-state index contributed by atoms with van der Waals surface area (Å²) in [5, 5.41) is 13.2. The fourth-order valence-electron chi connectivity index (χ4n) is 4.58. The molecule has 6 rings (SSSR count). The number of imidazole rings is 1. The molecule has 39 heavy (non-hydrogen) atoms. The van der Waals surface area contributed by atoms with Gasteiger partial charge in [0, 0.05) is 51.4 Å². The van der Waals surface area contributed by atoms with Crippen LogP contribution in [0.15, 0.2) is 41.3 Å². The number of piperazine rings is 1. The molecule has 4 aromatic heterocycles. The number of fused-ring (bicyclic) bond motifs is 3. The van der Waals surface area contributed by atoms with Crippen molar-refractivity contribution >= 4 is 34.4 Å². The summed E-state index contributed by atoms with van der Waals surface area (Å²) in [6.45, 7) is 2.79. The smallest absolute Gasteiger partial charge is 0.341 e. The number of carboxylic acid groups (broad SMARTS) is 1. The van der Waals surface area contributed by atoms with Crippen molar-refractivity contribution in [3.63, 3.8) is 0 Å². The van der Waals surface area contributed by atoms with E-state index in [2.05, 4.69) is 25.0 Å². The molecule has 0 unspecified atom stereocenters. The van der Waals surface area contributed by atoms with Gasteiger partial charge in [-0.05, 0) is 12.1 Å². The van der Waals surface area contributed by atoms with Crippen LogP contribution in [0.1, 0.15) is 0 Å². The van der Waals surface area contributed by atoms with Crippen LogP contribution in [0, 0.1) is 11.6 Å². The molecule has 1 aromatic carbocycles. The molecule has 3 N–H and O–H groups in total. The fourth-order valence-corrected chi connectivity index (χ4v) is 4.58. The molecule has 0 radical (unpaired) electrons. The molecule has 5 heterocycles. The van der Waals surface area contributed by atoms with Gasteiger partial charge < -0.3 is 29.5 Å². The summed E-state index contributed by atoms with van der Waals surface area (Å²) in [7, 11) is 0. The zero-order valence-electron chi connectivity index (χ0n) is 20.5. The van der Waals surface area contributed by atoms with Crippen LogP contribution in [0.3, 0.4) is 0 Å². The van der Waals surface area contributed by atoms with Crippen LogP contribution >= 0.6 is 0 Å². The third-order valence-corrected chi connectivity index (χ3v) is 6.53. The number of aliphatic carboxylic acids is 1. The zero-order valence-corrected chi connectivity index (χ0v) is 20.5. The first-order chi connectivity index (χ1) is 18.9. The van der Waals surface area contributed by atoms with Crippen molar-refractivity contribution in [3.05, 3.63) is 48.5 Å². The first-order valence-corrected chi connectivity index (χ1v) is 12.1. The summed E-state index contributed by atoms with van der Waals surface area (Å²) in [4.78, 5) is 28.3. The third-order valence-electron chi connectivity index (χ3n) is 6.53. The number of halogens is 2. The Morgan fingerprint density at radius 1 is 1.10 bits per heavy atom. The minimum absolute atomic E-state index is 0.169. The van der Waals surface area contributed by atoms with Gasteiger partial charge in [0.15, 0.2) is 40.7 Å². The summed E-state index contributed by atoms with van der Waals surface area (Å²) in [6, 6.07) is 5.42. The molecule has 0 aliphatic carbocycles. The Bertz CT molecular complexity index is 1660. The van der Waals surface area contributed by atoms with E-state index in [1.165, 1.54) is 16.8 Å². The van der Waals surface area contributed by atoms with Crippen molar-refractivity contribution in [2.24, 2.45) is 0 Å². The molecule has 202 valence electrons. The second kappa shape index (κ2) is 9.83. The predicted molar refractivity (Wildman–Crippen MR) is 134 cm³/mol. The molecule has 1 saturated heterocycles. The summed E-state index contributed by atoms with van der Waals surface area (Å²) < 4.78 is 42.2. The average molecular weight is 540 g/mol. The van der Waals surface area contributed by atoms with Crippen LogP contribution in [0.25, 0.3) is 28.4 Å². The standard InChI is InChI=1S/C24H23F2N9O4/c25-14-10-15(26)18(39-12-19(36)37)11-16(14)33-6-3-32(4-7-33)5-8-34-13-28-20-22(34)30-24(27)35-23(20)29-21(31-35)17-2-1-9-38-17/h1-2,9-11,13H,3-8,12H2,(H2,27,30)(H,36,37). The highest BCUT2D eigenvalue weighted by Gasteiger charge is 2.23. The number of rotatable bonds is 8. The van der Waals surface area contributed by atoms with Gasteiger partial charge in [-0.1, -0.05) is 0 Å². The minimum Gasteiger partial charge on any atom is -0.479 e. The van der Waals surface area contributed by atoms with Gasteiger partial charge >= 0.3 is 5.97 Å². The fraction of sp³-hybridized carbons (Fsp3) is 0.292. The molecule has 5 aromatic rings. The molecule has 0 saturated carbocycles. The quantitative estimate of drug-likeness (QED) is 0.297. The lowest BCUT2D eigenvalue weighted by Crippen LogP contribution is -2.47. The van der Waals surface area contributed by atoms with Crippen LogP contribution < -0.4 is 15.4 Å². The van der Waals surface area contributed by atoms with E-state index in [1.54, 1.807) is 23.4 Å². The molecule has 1 aliphatic heterocycles. The van der Waals surface area contributed by atoms with Gasteiger partial charge in [0.1, 0.15) is 5.82 Å². The Balaban J connectivity index is 1.13. The number of nitrogen functional groups attached to an aromatic ring is 1. The van der Waals surface area contributed by atoms with Crippen LogP contribution in [-0.2, 0) is 11.3 Å². The largest absolute Gasteiger partial charge is 0.479 e. The molecule has 1 aliphatic rings. The first kappa shape index (κ1) is 24.5. The monoisotopic (exact) mass is 539 g/mol. The maximum Gasteiger partial charge on any atom is 0.341 e. The maximum absolute atomic E-state index is 14.5. The van der Waals surface area contributed by atoms with E-state index in [9.17, 15) is 13.6 Å². The van der Waals surface area contributed by atoms with Crippen LogP contribution in [0.2, 0.25) is 0 Å². The summed E-state index contributed by atoms with van der Waals surface area (Å²) in [5.74, 6) is -2.16. The highest BCUT2D eigenvalue weighted by atomic mass is 19.1. The molecule has 0 spiro atoms. The number of nitrogens with zero attached hydrogens (tertiary/aromatic N) is 8. The minimum atomic E-state index is -1.25. The molecule has 15 heteroatoms. The summed E-state index contributed by atoms with van der Waals surface area (Å²) >= 11 is 0. The highest BCUT2D eigenvalue weighted by molar-refractivity contribution is 5.87. The van der Waals surface area contributed by atoms with Gasteiger partial charge in [-0.15, -0.1) is 5.10 Å². The molecule has 0 atom stereocenters. The Labute approximate surface area is 219 Å². The Kier molecular flexibility index (Phi) is 6.18. The number of carboxylic acids is 1. The normalized spacial score (nSPS) is 14.5. The van der Waals surface area contributed by atoms with Gasteiger partial charge in [-0.3, -0.25) is 4.90 Å². The van der Waals surface area contributed by atoms with Gasteiger partial charge in [-0.25, -0.2) is 23.5 Å². The summed E-state index contributed by atoms with van der Waals surface area (Å²) in [5.41, 5.74) is 7.95. The lowest BCUT2D eigenvalue weighted by Gasteiger charge is -2.36. The van der Waals surface area contributed by atoms with Gasteiger partial charge in [0.25, 0.3) is 0 Å². The van der Waals surface area contributed by atoms with Gasteiger partial charge in [-0.2, -0.15) is 9.50 Å². The Morgan fingerprint density at radius 2 is 1.92 bits per heavy atom. The molecule has 13 nitrogen and oxygen atoms in total. The van der Waals surface area contributed by atoms with Gasteiger partial charge in [0.2, 0.25) is 11.8 Å². The number of hydrogen-bond acceptors (Lipinski definition) is 10. The van der Waals surface area contributed by atoms with Crippen LogP contribution in [0.5, 0.6) is 5.75 Å². The van der Waals surface area contributed by atoms with E-state index in [0.29, 0.717) is 73.7 Å². The second-order valence-electron chi connectivity index (χ2n) is 8.97. The van der Waals surface area contributed by atoms with E-state index < -0.39 is 24.2 Å². The topological polar surface area (TPSA) is 153 Å². The molecule has 1 fully saturated rings. The first-order valence-electron chi connectivity index (χ1n) is 12.1. The number of benzene rings is 1. The number of hydrogen-bond donors (Lipinski definition) is 2. The molecule has 0 amide bonds. The maximum atomic E-state index is 14.5. The van der Waals surface area contributed by atoms with Crippen molar-refractivity contribution in [2.45, 2.75) is 6.54 Å². The number of anilines is 2. The number of carbonyl (C=O) groups is 1. The number of ether oxygens (including phenoxy) is 1. The van der Waals surface area contributed by atoms with E-state index in [-0.39, 0.29) is 17.4 Å². The van der Waals surface area contributed by atoms with E-state index >= 15 is 0 Å².